The number of nitrogens with zero attached hydrogens (tertiary/aromatic N) is 1. The molecule has 6 heteroatoms. The van der Waals surface area contributed by atoms with Gasteiger partial charge in [-0.15, -0.1) is 0 Å². The largest absolute Gasteiger partial charge is 0.472 e. The number of aliphatic hydroxyl groups excluding tert-OH is 1. The Balaban J connectivity index is 0.00000112. The van der Waals surface area contributed by atoms with Crippen LogP contribution in [0.5, 0.6) is 5.88 Å². The number of aliphatic hydroxyl groups is 1. The lowest BCUT2D eigenvalue weighted by molar-refractivity contribution is 0.276. The summed E-state index contributed by atoms with van der Waals surface area (Å²) in [5, 5.41) is 9.46. The monoisotopic (exact) mass is 361 g/mol. The van der Waals surface area contributed by atoms with E-state index < -0.39 is 5.82 Å². The van der Waals surface area contributed by atoms with Gasteiger partial charge in [0.2, 0.25) is 5.88 Å². The summed E-state index contributed by atoms with van der Waals surface area (Å²) in [5.74, 6) is -0.284. The van der Waals surface area contributed by atoms with E-state index in [1.165, 1.54) is 24.4 Å². The molecule has 0 bridgehead atoms. The molecule has 1 aromatic heterocycles. The molecule has 1 aromatic carbocycles. The number of hydrogen-bond donors (Lipinski definition) is 1. The van der Waals surface area contributed by atoms with Crippen molar-refractivity contribution in [1.29, 1.82) is 0 Å². The average Bonchev–Trinajstić information content (AvgIpc) is 2.59. The second-order valence-corrected chi connectivity index (χ2v) is 4.59. The molecule has 0 aliphatic carbocycles. The molecule has 0 spiro atoms. The molecule has 23 heavy (non-hydrogen) atoms. The molecular formula is C17H22Cl2FNO2. The Morgan fingerprint density at radius 3 is 2.30 bits per heavy atom. The molecule has 0 atom stereocenters. The Labute approximate surface area is 147 Å². The smallest absolute Gasteiger partial charge is 0.232 e. The van der Waals surface area contributed by atoms with Crippen LogP contribution in [0.4, 0.5) is 4.39 Å². The summed E-state index contributed by atoms with van der Waals surface area (Å²) in [4.78, 5) is 3.94. The number of aromatic nitrogens is 1. The molecule has 1 N–H and O–H groups in total. The molecule has 0 saturated carbocycles. The van der Waals surface area contributed by atoms with Crippen LogP contribution in [0.25, 0.3) is 0 Å². The van der Waals surface area contributed by atoms with Crippen molar-refractivity contribution in [3.05, 3.63) is 57.5 Å². The van der Waals surface area contributed by atoms with Crippen LogP contribution >= 0.6 is 23.2 Å². The fraction of sp³-hybridized carbons (Fsp3) is 0.353. The van der Waals surface area contributed by atoms with Gasteiger partial charge in [0.25, 0.3) is 0 Å². The highest BCUT2D eigenvalue weighted by Crippen LogP contribution is 2.25. The normalized spacial score (nSPS) is 9.22. The van der Waals surface area contributed by atoms with Crippen molar-refractivity contribution in [2.75, 3.05) is 0 Å². The van der Waals surface area contributed by atoms with E-state index >= 15 is 0 Å². The lowest BCUT2D eigenvalue weighted by Crippen LogP contribution is -2.01. The van der Waals surface area contributed by atoms with E-state index in [1.807, 2.05) is 27.7 Å². The van der Waals surface area contributed by atoms with Gasteiger partial charge in [-0.25, -0.2) is 9.37 Å². The first kappa shape index (κ1) is 21.6. The topological polar surface area (TPSA) is 42.4 Å². The van der Waals surface area contributed by atoms with Crippen molar-refractivity contribution in [3.63, 3.8) is 0 Å². The molecule has 0 fully saturated rings. The van der Waals surface area contributed by atoms with Crippen molar-refractivity contribution in [3.8, 4) is 5.88 Å². The van der Waals surface area contributed by atoms with Crippen LogP contribution in [0.2, 0.25) is 10.0 Å². The Kier molecular flexibility index (Phi) is 11.4. The van der Waals surface area contributed by atoms with Crippen LogP contribution in [-0.2, 0) is 13.2 Å². The average molecular weight is 362 g/mol. The van der Waals surface area contributed by atoms with Crippen molar-refractivity contribution < 1.29 is 14.2 Å². The van der Waals surface area contributed by atoms with E-state index in [0.717, 1.165) is 0 Å². The maximum atomic E-state index is 13.5. The van der Waals surface area contributed by atoms with Crippen LogP contribution in [0.1, 0.15) is 38.8 Å². The van der Waals surface area contributed by atoms with Gasteiger partial charge in [-0.3, -0.25) is 0 Å². The number of pyridine rings is 1. The van der Waals surface area contributed by atoms with Gasteiger partial charge < -0.3 is 9.84 Å². The van der Waals surface area contributed by atoms with Gasteiger partial charge in [-0.05, 0) is 23.8 Å². The van der Waals surface area contributed by atoms with E-state index in [4.69, 9.17) is 33.0 Å². The molecule has 0 radical (unpaired) electrons. The SMILES string of the molecule is CC.CC.OCc1cnc(OCc2c(F)cccc2Cl)c(Cl)c1. The lowest BCUT2D eigenvalue weighted by Gasteiger charge is -2.09. The predicted molar refractivity (Wildman–Crippen MR) is 93.6 cm³/mol. The summed E-state index contributed by atoms with van der Waals surface area (Å²) in [7, 11) is 0. The third-order valence-electron chi connectivity index (χ3n) is 2.46. The molecule has 0 aliphatic rings. The van der Waals surface area contributed by atoms with Crippen molar-refractivity contribution in [2.45, 2.75) is 40.9 Å². The molecule has 0 amide bonds. The summed E-state index contributed by atoms with van der Waals surface area (Å²) >= 11 is 11.8. The molecular weight excluding hydrogens is 340 g/mol. The standard InChI is InChI=1S/C13H10Cl2FNO2.2C2H6/c14-10-2-1-3-12(16)9(10)7-19-13-11(15)4-8(6-18)5-17-13;2*1-2/h1-5,18H,6-7H2;2*1-2H3. The van der Waals surface area contributed by atoms with E-state index in [-0.39, 0.29) is 34.7 Å². The maximum absolute atomic E-state index is 13.5. The lowest BCUT2D eigenvalue weighted by atomic mass is 10.2. The number of rotatable bonds is 4. The Hall–Kier alpha value is -1.36. The van der Waals surface area contributed by atoms with Crippen LogP contribution in [0.15, 0.2) is 30.5 Å². The summed E-state index contributed by atoms with van der Waals surface area (Å²) in [6.07, 6.45) is 1.43. The Bertz CT molecular complexity index is 575. The molecule has 1 heterocycles. The van der Waals surface area contributed by atoms with Crippen LogP contribution in [0.3, 0.4) is 0 Å². The van der Waals surface area contributed by atoms with Crippen LogP contribution in [-0.4, -0.2) is 10.1 Å². The van der Waals surface area contributed by atoms with E-state index in [0.29, 0.717) is 5.56 Å². The van der Waals surface area contributed by atoms with Gasteiger partial charge in [0, 0.05) is 11.8 Å². The van der Waals surface area contributed by atoms with Crippen LogP contribution < -0.4 is 4.74 Å². The molecule has 2 rings (SSSR count). The highest BCUT2D eigenvalue weighted by molar-refractivity contribution is 6.32. The van der Waals surface area contributed by atoms with Gasteiger partial charge in [-0.2, -0.15) is 0 Å². The van der Waals surface area contributed by atoms with E-state index in [2.05, 4.69) is 4.98 Å². The molecule has 128 valence electrons. The van der Waals surface area contributed by atoms with Gasteiger partial charge in [0.15, 0.2) is 0 Å². The number of hydrogen-bond acceptors (Lipinski definition) is 3. The summed E-state index contributed by atoms with van der Waals surface area (Å²) < 4.78 is 18.9. The van der Waals surface area contributed by atoms with Gasteiger partial charge in [-0.1, -0.05) is 57.0 Å². The highest BCUT2D eigenvalue weighted by Gasteiger charge is 2.10. The third kappa shape index (κ3) is 6.73. The summed E-state index contributed by atoms with van der Waals surface area (Å²) in [6.45, 7) is 7.77. The van der Waals surface area contributed by atoms with Gasteiger partial charge in [0.1, 0.15) is 17.4 Å². The Morgan fingerprint density at radius 1 is 1.13 bits per heavy atom. The van der Waals surface area contributed by atoms with Gasteiger partial charge in [0.05, 0.1) is 11.6 Å². The first-order valence-electron chi connectivity index (χ1n) is 7.42. The van der Waals surface area contributed by atoms with Crippen molar-refractivity contribution in [2.24, 2.45) is 0 Å². The minimum Gasteiger partial charge on any atom is -0.472 e. The molecule has 0 aliphatic heterocycles. The zero-order valence-corrected chi connectivity index (χ0v) is 15.2. The van der Waals surface area contributed by atoms with E-state index in [9.17, 15) is 4.39 Å². The van der Waals surface area contributed by atoms with Crippen LogP contribution in [0, 0.1) is 5.82 Å². The zero-order valence-electron chi connectivity index (χ0n) is 13.7. The minimum absolute atomic E-state index is 0.0727. The predicted octanol–water partition coefficient (Wildman–Crippen LogP) is 5.65. The minimum atomic E-state index is -0.449. The fourth-order valence-corrected chi connectivity index (χ4v) is 1.93. The highest BCUT2D eigenvalue weighted by atomic mass is 35.5. The summed E-state index contributed by atoms with van der Waals surface area (Å²) in [5.41, 5.74) is 0.814. The van der Waals surface area contributed by atoms with E-state index in [1.54, 1.807) is 6.07 Å². The fourth-order valence-electron chi connectivity index (χ4n) is 1.47. The first-order valence-corrected chi connectivity index (χ1v) is 8.18. The van der Waals surface area contributed by atoms with Crippen molar-refractivity contribution in [1.82, 2.24) is 4.98 Å². The number of ether oxygens (including phenoxy) is 1. The molecule has 2 aromatic rings. The molecule has 0 unspecified atom stereocenters. The third-order valence-corrected chi connectivity index (χ3v) is 3.09. The first-order chi connectivity index (χ1) is 11.1. The second kappa shape index (κ2) is 12.1. The number of benzene rings is 1. The summed E-state index contributed by atoms with van der Waals surface area (Å²) in [6, 6.07) is 5.93. The quantitative estimate of drug-likeness (QED) is 0.764. The second-order valence-electron chi connectivity index (χ2n) is 3.78. The van der Waals surface area contributed by atoms with Gasteiger partial charge >= 0.3 is 0 Å². The maximum Gasteiger partial charge on any atom is 0.232 e. The number of halogens is 3. The zero-order chi connectivity index (χ0) is 17.8. The Morgan fingerprint density at radius 2 is 1.78 bits per heavy atom. The molecule has 3 nitrogen and oxygen atoms in total. The van der Waals surface area contributed by atoms with Crippen molar-refractivity contribution >= 4 is 23.2 Å². The molecule has 0 saturated heterocycles.